The fraction of sp³-hybridized carbons (Fsp3) is 0. The van der Waals surface area contributed by atoms with Gasteiger partial charge in [0.25, 0.3) is 0 Å². The van der Waals surface area contributed by atoms with E-state index in [1.807, 2.05) is 0 Å². The van der Waals surface area contributed by atoms with Gasteiger partial charge in [0.1, 0.15) is 16.1 Å². The Morgan fingerprint density at radius 2 is 2.06 bits per heavy atom. The van der Waals surface area contributed by atoms with Gasteiger partial charge in [-0.2, -0.15) is 0 Å². The highest BCUT2D eigenvalue weighted by atomic mass is 79.9. The number of halogens is 2. The Bertz CT molecular complexity index is 521. The van der Waals surface area contributed by atoms with Crippen LogP contribution in [0, 0.1) is 5.82 Å². The van der Waals surface area contributed by atoms with E-state index in [2.05, 4.69) is 25.9 Å². The topological polar surface area (TPSA) is 61.0 Å². The molecule has 0 amide bonds. The van der Waals surface area contributed by atoms with E-state index < -0.39 is 5.82 Å². The lowest BCUT2D eigenvalue weighted by Crippen LogP contribution is -1.95. The first-order valence-electron chi connectivity index (χ1n) is 4.35. The minimum Gasteiger partial charge on any atom is -0.455 e. The summed E-state index contributed by atoms with van der Waals surface area (Å²) in [4.78, 5) is 7.59. The number of pyridine rings is 2. The van der Waals surface area contributed by atoms with Crippen LogP contribution in [-0.4, -0.2) is 9.97 Å². The van der Waals surface area contributed by atoms with E-state index in [0.29, 0.717) is 10.4 Å². The molecule has 0 fully saturated rings. The largest absolute Gasteiger partial charge is 0.455 e. The summed E-state index contributed by atoms with van der Waals surface area (Å²) in [5.41, 5.74) is 5.25. The molecular weight excluding hydrogens is 277 g/mol. The van der Waals surface area contributed by atoms with Crippen LogP contribution in [0.25, 0.3) is 0 Å². The van der Waals surface area contributed by atoms with Crippen LogP contribution in [0.15, 0.2) is 35.2 Å². The van der Waals surface area contributed by atoms with Crippen LogP contribution in [-0.2, 0) is 0 Å². The second kappa shape index (κ2) is 4.44. The third-order valence-corrected chi connectivity index (χ3v) is 2.21. The number of nitrogens with zero attached hydrogens (tertiary/aromatic N) is 2. The standard InChI is InChI=1S/C10H7BrFN3O/c11-9-4-6(1-2-14-9)16-7-3-8(12)10(13)15-5-7/h1-5H,(H2,13,15). The van der Waals surface area contributed by atoms with Crippen molar-refractivity contribution in [3.8, 4) is 11.5 Å². The van der Waals surface area contributed by atoms with Crippen molar-refractivity contribution in [1.82, 2.24) is 9.97 Å². The monoisotopic (exact) mass is 283 g/mol. The molecule has 4 nitrogen and oxygen atoms in total. The van der Waals surface area contributed by atoms with Gasteiger partial charge in [-0.1, -0.05) is 0 Å². The van der Waals surface area contributed by atoms with E-state index in [9.17, 15) is 4.39 Å². The molecule has 0 saturated heterocycles. The average molecular weight is 284 g/mol. The highest BCUT2D eigenvalue weighted by Crippen LogP contribution is 2.23. The fourth-order valence-corrected chi connectivity index (χ4v) is 1.41. The molecule has 16 heavy (non-hydrogen) atoms. The maximum atomic E-state index is 13.1. The van der Waals surface area contributed by atoms with Gasteiger partial charge >= 0.3 is 0 Å². The molecule has 82 valence electrons. The molecule has 0 bridgehead atoms. The summed E-state index contributed by atoms with van der Waals surface area (Å²) < 4.78 is 19.1. The lowest BCUT2D eigenvalue weighted by Gasteiger charge is -2.05. The normalized spacial score (nSPS) is 10.1. The Labute approximate surface area is 99.4 Å². The van der Waals surface area contributed by atoms with Gasteiger partial charge in [0.15, 0.2) is 11.6 Å². The molecule has 0 atom stereocenters. The van der Waals surface area contributed by atoms with Crippen LogP contribution in [0.2, 0.25) is 0 Å². The molecule has 0 unspecified atom stereocenters. The Hall–Kier alpha value is -1.69. The smallest absolute Gasteiger partial charge is 0.168 e. The third-order valence-electron chi connectivity index (χ3n) is 1.78. The molecule has 2 aromatic heterocycles. The lowest BCUT2D eigenvalue weighted by molar-refractivity contribution is 0.473. The number of nitrogens with two attached hydrogens (primary N) is 1. The van der Waals surface area contributed by atoms with Crippen LogP contribution in [0.3, 0.4) is 0 Å². The maximum Gasteiger partial charge on any atom is 0.168 e. The van der Waals surface area contributed by atoms with Gasteiger partial charge in [0, 0.05) is 18.3 Å². The number of aromatic nitrogens is 2. The SMILES string of the molecule is Nc1ncc(Oc2ccnc(Br)c2)cc1F. The Morgan fingerprint density at radius 3 is 2.75 bits per heavy atom. The van der Waals surface area contributed by atoms with E-state index in [1.165, 1.54) is 12.3 Å². The molecule has 0 spiro atoms. The zero-order chi connectivity index (χ0) is 11.5. The molecule has 2 aromatic rings. The summed E-state index contributed by atoms with van der Waals surface area (Å²) in [6, 6.07) is 4.49. The van der Waals surface area contributed by atoms with Crippen LogP contribution in [0.1, 0.15) is 0 Å². The molecule has 0 radical (unpaired) electrons. The minimum absolute atomic E-state index is 0.150. The van der Waals surface area contributed by atoms with Gasteiger partial charge in [-0.3, -0.25) is 0 Å². The molecule has 0 aliphatic heterocycles. The first-order chi connectivity index (χ1) is 7.65. The average Bonchev–Trinajstić information content (AvgIpc) is 2.24. The van der Waals surface area contributed by atoms with Crippen molar-refractivity contribution < 1.29 is 9.13 Å². The number of ether oxygens (including phenoxy) is 1. The van der Waals surface area contributed by atoms with Gasteiger partial charge in [-0.15, -0.1) is 0 Å². The highest BCUT2D eigenvalue weighted by Gasteiger charge is 2.03. The number of rotatable bonds is 2. The second-order valence-electron chi connectivity index (χ2n) is 2.95. The zero-order valence-electron chi connectivity index (χ0n) is 8.02. The van der Waals surface area contributed by atoms with Gasteiger partial charge in [-0.05, 0) is 22.0 Å². The second-order valence-corrected chi connectivity index (χ2v) is 3.77. The zero-order valence-corrected chi connectivity index (χ0v) is 9.61. The molecule has 2 rings (SSSR count). The summed E-state index contributed by atoms with van der Waals surface area (Å²) in [5.74, 6) is 0.0616. The maximum absolute atomic E-state index is 13.1. The fourth-order valence-electron chi connectivity index (χ4n) is 1.07. The van der Waals surface area contributed by atoms with E-state index >= 15 is 0 Å². The van der Waals surface area contributed by atoms with Crippen molar-refractivity contribution in [3.63, 3.8) is 0 Å². The lowest BCUT2D eigenvalue weighted by atomic mass is 10.4. The van der Waals surface area contributed by atoms with Gasteiger partial charge in [0.05, 0.1) is 6.20 Å². The molecule has 0 aromatic carbocycles. The molecule has 0 aliphatic rings. The molecule has 6 heteroatoms. The van der Waals surface area contributed by atoms with Crippen molar-refractivity contribution in [3.05, 3.63) is 41.0 Å². The van der Waals surface area contributed by atoms with Gasteiger partial charge < -0.3 is 10.5 Å². The quantitative estimate of drug-likeness (QED) is 0.861. The number of hydrogen-bond donors (Lipinski definition) is 1. The Balaban J connectivity index is 2.24. The molecule has 2 heterocycles. The summed E-state index contributed by atoms with van der Waals surface area (Å²) in [5, 5.41) is 0. The van der Waals surface area contributed by atoms with E-state index in [4.69, 9.17) is 10.5 Å². The van der Waals surface area contributed by atoms with Crippen LogP contribution < -0.4 is 10.5 Å². The molecular formula is C10H7BrFN3O. The van der Waals surface area contributed by atoms with Crippen LogP contribution >= 0.6 is 15.9 Å². The molecule has 0 aliphatic carbocycles. The number of nitrogen functional groups attached to an aromatic ring is 1. The summed E-state index contributed by atoms with van der Waals surface area (Å²) >= 11 is 3.20. The van der Waals surface area contributed by atoms with E-state index in [0.717, 1.165) is 0 Å². The molecule has 0 saturated carbocycles. The third kappa shape index (κ3) is 2.46. The van der Waals surface area contributed by atoms with Crippen molar-refractivity contribution in [1.29, 1.82) is 0 Å². The summed E-state index contributed by atoms with van der Waals surface area (Å²) in [7, 11) is 0. The number of anilines is 1. The highest BCUT2D eigenvalue weighted by molar-refractivity contribution is 9.10. The Kier molecular flexibility index (Phi) is 3.00. The summed E-state index contributed by atoms with van der Waals surface area (Å²) in [6.07, 6.45) is 2.92. The first-order valence-corrected chi connectivity index (χ1v) is 5.15. The first kappa shape index (κ1) is 10.8. The van der Waals surface area contributed by atoms with Crippen LogP contribution in [0.5, 0.6) is 11.5 Å². The number of hydrogen-bond acceptors (Lipinski definition) is 4. The van der Waals surface area contributed by atoms with Crippen molar-refractivity contribution in [2.24, 2.45) is 0 Å². The van der Waals surface area contributed by atoms with Crippen LogP contribution in [0.4, 0.5) is 10.2 Å². The van der Waals surface area contributed by atoms with Gasteiger partial charge in [-0.25, -0.2) is 14.4 Å². The predicted octanol–water partition coefficient (Wildman–Crippen LogP) is 2.75. The van der Waals surface area contributed by atoms with E-state index in [1.54, 1.807) is 18.3 Å². The van der Waals surface area contributed by atoms with Crippen molar-refractivity contribution in [2.45, 2.75) is 0 Å². The van der Waals surface area contributed by atoms with Gasteiger partial charge in [0.2, 0.25) is 0 Å². The van der Waals surface area contributed by atoms with Crippen molar-refractivity contribution >= 4 is 21.7 Å². The minimum atomic E-state index is -0.606. The molecule has 2 N–H and O–H groups in total. The predicted molar refractivity (Wildman–Crippen MR) is 60.6 cm³/mol. The summed E-state index contributed by atoms with van der Waals surface area (Å²) in [6.45, 7) is 0. The van der Waals surface area contributed by atoms with Crippen molar-refractivity contribution in [2.75, 3.05) is 5.73 Å². The van der Waals surface area contributed by atoms with E-state index in [-0.39, 0.29) is 11.6 Å². The Morgan fingerprint density at radius 1 is 1.25 bits per heavy atom.